The molecular weight excluding hydrogens is 383 g/mol. The molecule has 0 aliphatic heterocycles. The number of nitrogens with one attached hydrogen (secondary N) is 2. The normalized spacial score (nSPS) is 10.4. The molecule has 3 aromatic rings. The molecule has 6 heteroatoms. The molecule has 0 spiro atoms. The predicted octanol–water partition coefficient (Wildman–Crippen LogP) is 5.08. The van der Waals surface area contributed by atoms with E-state index in [1.54, 1.807) is 25.3 Å². The zero-order valence-corrected chi connectivity index (χ0v) is 17.3. The van der Waals surface area contributed by atoms with Crippen molar-refractivity contribution in [1.29, 1.82) is 0 Å². The highest BCUT2D eigenvalue weighted by molar-refractivity contribution is 5.92. The Bertz CT molecular complexity index is 1020. The van der Waals surface area contributed by atoms with Crippen molar-refractivity contribution < 1.29 is 18.7 Å². The van der Waals surface area contributed by atoms with Crippen LogP contribution in [0.5, 0.6) is 11.5 Å². The number of methoxy groups -OCH3 is 1. The quantitative estimate of drug-likeness (QED) is 0.546. The number of carbonyl (C=O) groups is 1. The second-order valence-electron chi connectivity index (χ2n) is 6.98. The van der Waals surface area contributed by atoms with Gasteiger partial charge in [-0.3, -0.25) is 4.79 Å². The van der Waals surface area contributed by atoms with Crippen molar-refractivity contribution in [2.75, 3.05) is 24.4 Å². The van der Waals surface area contributed by atoms with Crippen LogP contribution in [0.25, 0.3) is 0 Å². The molecule has 1 amide bonds. The Morgan fingerprint density at radius 2 is 1.63 bits per heavy atom. The lowest BCUT2D eigenvalue weighted by Crippen LogP contribution is -2.20. The summed E-state index contributed by atoms with van der Waals surface area (Å²) in [6.45, 7) is 4.43. The lowest BCUT2D eigenvalue weighted by Gasteiger charge is -2.13. The monoisotopic (exact) mass is 408 g/mol. The van der Waals surface area contributed by atoms with Crippen molar-refractivity contribution in [3.05, 3.63) is 83.2 Å². The fourth-order valence-electron chi connectivity index (χ4n) is 2.87. The summed E-state index contributed by atoms with van der Waals surface area (Å²) >= 11 is 0. The van der Waals surface area contributed by atoms with E-state index in [0.29, 0.717) is 18.0 Å². The van der Waals surface area contributed by atoms with Crippen LogP contribution in [0, 0.1) is 19.7 Å². The van der Waals surface area contributed by atoms with E-state index in [-0.39, 0.29) is 18.3 Å². The van der Waals surface area contributed by atoms with E-state index in [4.69, 9.17) is 9.47 Å². The highest BCUT2D eigenvalue weighted by Gasteiger charge is 2.10. The second kappa shape index (κ2) is 9.78. The van der Waals surface area contributed by atoms with Crippen LogP contribution < -0.4 is 20.1 Å². The summed E-state index contributed by atoms with van der Waals surface area (Å²) < 4.78 is 24.0. The highest BCUT2D eigenvalue weighted by Crippen LogP contribution is 2.28. The number of carbonyl (C=O) groups excluding carboxylic acids is 1. The molecule has 0 unspecified atom stereocenters. The predicted molar refractivity (Wildman–Crippen MR) is 117 cm³/mol. The molecule has 0 saturated carbocycles. The number of hydrogen-bond acceptors (Lipinski definition) is 4. The maximum Gasteiger partial charge on any atom is 0.262 e. The number of amides is 1. The first-order valence-electron chi connectivity index (χ1n) is 9.61. The first-order valence-corrected chi connectivity index (χ1v) is 9.61. The molecule has 3 aromatic carbocycles. The first kappa shape index (κ1) is 21.2. The van der Waals surface area contributed by atoms with Gasteiger partial charge in [-0.2, -0.15) is 0 Å². The average molecular weight is 408 g/mol. The van der Waals surface area contributed by atoms with E-state index in [9.17, 15) is 9.18 Å². The molecular formula is C24H25FN2O3. The van der Waals surface area contributed by atoms with Crippen molar-refractivity contribution in [3.8, 4) is 11.5 Å². The molecule has 0 bridgehead atoms. The summed E-state index contributed by atoms with van der Waals surface area (Å²) in [5, 5.41) is 6.05. The van der Waals surface area contributed by atoms with Gasteiger partial charge in [-0.15, -0.1) is 0 Å². The summed E-state index contributed by atoms with van der Waals surface area (Å²) in [6, 6.07) is 17.4. The zero-order valence-electron chi connectivity index (χ0n) is 17.3. The minimum atomic E-state index is -0.273. The Labute approximate surface area is 175 Å². The Balaban J connectivity index is 1.56. The van der Waals surface area contributed by atoms with Crippen LogP contribution in [-0.2, 0) is 11.3 Å². The molecule has 0 radical (unpaired) electrons. The molecule has 0 aliphatic carbocycles. The van der Waals surface area contributed by atoms with E-state index in [1.165, 1.54) is 17.7 Å². The van der Waals surface area contributed by atoms with E-state index in [1.807, 2.05) is 44.2 Å². The number of anilines is 2. The Kier molecular flexibility index (Phi) is 6.91. The number of rotatable bonds is 8. The average Bonchev–Trinajstić information content (AvgIpc) is 2.74. The lowest BCUT2D eigenvalue weighted by molar-refractivity contribution is -0.118. The standard InChI is InChI=1S/C24H25FN2O3/c1-16-4-8-21(12-17(16)2)27-24(28)15-30-22-11-5-18(13-23(22)29-3)14-26-20-9-6-19(25)7-10-20/h4-13,26H,14-15H2,1-3H3,(H,27,28). The van der Waals surface area contributed by atoms with Crippen LogP contribution in [0.2, 0.25) is 0 Å². The third-order valence-corrected chi connectivity index (χ3v) is 4.72. The van der Waals surface area contributed by atoms with Gasteiger partial charge < -0.3 is 20.1 Å². The number of ether oxygens (including phenoxy) is 2. The molecule has 0 saturated heterocycles. The molecule has 0 atom stereocenters. The third kappa shape index (κ3) is 5.73. The summed E-state index contributed by atoms with van der Waals surface area (Å²) in [5.74, 6) is 0.498. The highest BCUT2D eigenvalue weighted by atomic mass is 19.1. The SMILES string of the molecule is COc1cc(CNc2ccc(F)cc2)ccc1OCC(=O)Nc1ccc(C)c(C)c1. The minimum absolute atomic E-state index is 0.129. The fraction of sp³-hybridized carbons (Fsp3) is 0.208. The molecule has 2 N–H and O–H groups in total. The van der Waals surface area contributed by atoms with Gasteiger partial charge in [0.2, 0.25) is 0 Å². The van der Waals surface area contributed by atoms with E-state index in [0.717, 1.165) is 22.5 Å². The Morgan fingerprint density at radius 3 is 2.33 bits per heavy atom. The minimum Gasteiger partial charge on any atom is -0.493 e. The number of benzene rings is 3. The van der Waals surface area contributed by atoms with Gasteiger partial charge in [0.15, 0.2) is 18.1 Å². The largest absolute Gasteiger partial charge is 0.493 e. The van der Waals surface area contributed by atoms with Gasteiger partial charge in [-0.25, -0.2) is 4.39 Å². The number of aryl methyl sites for hydroxylation is 2. The summed E-state index contributed by atoms with van der Waals surface area (Å²) in [5.41, 5.74) is 4.80. The van der Waals surface area contributed by atoms with Gasteiger partial charge in [0.25, 0.3) is 5.91 Å². The van der Waals surface area contributed by atoms with Gasteiger partial charge in [-0.05, 0) is 79.1 Å². The zero-order chi connectivity index (χ0) is 21.5. The van der Waals surface area contributed by atoms with Crippen LogP contribution in [0.1, 0.15) is 16.7 Å². The maximum absolute atomic E-state index is 13.0. The summed E-state index contributed by atoms with van der Waals surface area (Å²) in [4.78, 5) is 12.2. The van der Waals surface area contributed by atoms with Crippen molar-refractivity contribution in [2.24, 2.45) is 0 Å². The lowest BCUT2D eigenvalue weighted by atomic mass is 10.1. The van der Waals surface area contributed by atoms with Crippen LogP contribution in [0.3, 0.4) is 0 Å². The van der Waals surface area contributed by atoms with Gasteiger partial charge in [0, 0.05) is 17.9 Å². The molecule has 0 fully saturated rings. The van der Waals surface area contributed by atoms with Gasteiger partial charge >= 0.3 is 0 Å². The molecule has 3 rings (SSSR count). The van der Waals surface area contributed by atoms with Crippen LogP contribution in [0.15, 0.2) is 60.7 Å². The number of halogens is 1. The van der Waals surface area contributed by atoms with Crippen molar-refractivity contribution >= 4 is 17.3 Å². The number of hydrogen-bond donors (Lipinski definition) is 2. The molecule has 0 aromatic heterocycles. The van der Waals surface area contributed by atoms with Crippen LogP contribution in [0.4, 0.5) is 15.8 Å². The molecule has 5 nitrogen and oxygen atoms in total. The Morgan fingerprint density at radius 1 is 0.900 bits per heavy atom. The van der Waals surface area contributed by atoms with E-state index < -0.39 is 0 Å². The van der Waals surface area contributed by atoms with Gasteiger partial charge in [-0.1, -0.05) is 12.1 Å². The van der Waals surface area contributed by atoms with Gasteiger partial charge in [0.05, 0.1) is 7.11 Å². The van der Waals surface area contributed by atoms with Crippen molar-refractivity contribution in [3.63, 3.8) is 0 Å². The second-order valence-corrected chi connectivity index (χ2v) is 6.98. The van der Waals surface area contributed by atoms with E-state index >= 15 is 0 Å². The van der Waals surface area contributed by atoms with Crippen molar-refractivity contribution in [2.45, 2.75) is 20.4 Å². The molecule has 156 valence electrons. The molecule has 0 heterocycles. The molecule has 0 aliphatic rings. The van der Waals surface area contributed by atoms with Crippen molar-refractivity contribution in [1.82, 2.24) is 0 Å². The topological polar surface area (TPSA) is 59.6 Å². The summed E-state index contributed by atoms with van der Waals surface area (Å²) in [7, 11) is 1.55. The smallest absolute Gasteiger partial charge is 0.262 e. The Hall–Kier alpha value is -3.54. The van der Waals surface area contributed by atoms with Crippen LogP contribution in [-0.4, -0.2) is 19.6 Å². The fourth-order valence-corrected chi connectivity index (χ4v) is 2.87. The van der Waals surface area contributed by atoms with E-state index in [2.05, 4.69) is 10.6 Å². The maximum atomic E-state index is 13.0. The first-order chi connectivity index (χ1) is 14.4. The van der Waals surface area contributed by atoms with Crippen LogP contribution >= 0.6 is 0 Å². The van der Waals surface area contributed by atoms with Gasteiger partial charge in [0.1, 0.15) is 5.82 Å². The molecule has 30 heavy (non-hydrogen) atoms. The third-order valence-electron chi connectivity index (χ3n) is 4.72. The summed E-state index contributed by atoms with van der Waals surface area (Å²) in [6.07, 6.45) is 0.